The third-order valence-corrected chi connectivity index (χ3v) is 8.62. The van der Waals surface area contributed by atoms with Gasteiger partial charge in [0.2, 0.25) is 0 Å². The van der Waals surface area contributed by atoms with Crippen molar-refractivity contribution in [2.75, 3.05) is 0 Å². The molecule has 0 aliphatic heterocycles. The van der Waals surface area contributed by atoms with Crippen molar-refractivity contribution < 1.29 is 0 Å². The molecule has 0 aliphatic carbocycles. The Morgan fingerprint density at radius 1 is 0.390 bits per heavy atom. The summed E-state index contributed by atoms with van der Waals surface area (Å²) in [5.41, 5.74) is 5.77. The molecule has 0 atom stereocenters. The summed E-state index contributed by atoms with van der Waals surface area (Å²) >= 11 is 0. The molecule has 0 spiro atoms. The molecule has 0 N–H and O–H groups in total. The van der Waals surface area contributed by atoms with E-state index in [-0.39, 0.29) is 0 Å². The average molecular weight is 521 g/mol. The number of hydrogen-bond acceptors (Lipinski definition) is 1. The summed E-state index contributed by atoms with van der Waals surface area (Å²) in [6, 6.07) is 50.5. The Kier molecular flexibility index (Phi) is 4.64. The molecule has 0 aliphatic rings. The summed E-state index contributed by atoms with van der Waals surface area (Å²) < 4.78 is 2.50. The number of hydrogen-bond donors (Lipinski definition) is 0. The molecular weight excluding hydrogens is 496 g/mol. The van der Waals surface area contributed by atoms with Gasteiger partial charge in [0.25, 0.3) is 0 Å². The van der Waals surface area contributed by atoms with E-state index >= 15 is 0 Å². The molecule has 41 heavy (non-hydrogen) atoms. The van der Waals surface area contributed by atoms with Gasteiger partial charge < -0.3 is 4.57 Å². The van der Waals surface area contributed by atoms with Crippen LogP contribution in [0.15, 0.2) is 146 Å². The van der Waals surface area contributed by atoms with Gasteiger partial charge in [0.15, 0.2) is 0 Å². The van der Waals surface area contributed by atoms with Crippen molar-refractivity contribution in [1.82, 2.24) is 9.55 Å². The summed E-state index contributed by atoms with van der Waals surface area (Å²) in [5.74, 6) is 0. The number of nitrogens with zero attached hydrogens (tertiary/aromatic N) is 2. The van der Waals surface area contributed by atoms with Crippen LogP contribution in [0.4, 0.5) is 0 Å². The van der Waals surface area contributed by atoms with Crippen molar-refractivity contribution in [3.05, 3.63) is 146 Å². The van der Waals surface area contributed by atoms with E-state index in [1.807, 2.05) is 12.3 Å². The number of rotatable bonds is 2. The molecular formula is C39H24N2. The van der Waals surface area contributed by atoms with Gasteiger partial charge in [0.05, 0.1) is 22.4 Å². The van der Waals surface area contributed by atoms with Crippen molar-refractivity contribution in [2.24, 2.45) is 0 Å². The molecule has 2 heteroatoms. The lowest BCUT2D eigenvalue weighted by molar-refractivity contribution is 1.20. The molecule has 2 nitrogen and oxygen atoms in total. The summed E-state index contributed by atoms with van der Waals surface area (Å²) in [5, 5.41) is 12.7. The fourth-order valence-corrected chi connectivity index (χ4v) is 6.93. The maximum absolute atomic E-state index is 4.69. The van der Waals surface area contributed by atoms with Crippen LogP contribution in [0.2, 0.25) is 0 Å². The Balaban J connectivity index is 1.52. The first-order chi connectivity index (χ1) is 20.4. The summed E-state index contributed by atoms with van der Waals surface area (Å²) in [6.07, 6.45) is 1.87. The molecule has 0 unspecified atom stereocenters. The minimum absolute atomic E-state index is 0.986. The van der Waals surface area contributed by atoms with Gasteiger partial charge >= 0.3 is 0 Å². The van der Waals surface area contributed by atoms with E-state index in [1.54, 1.807) is 0 Å². The normalized spacial score (nSPS) is 11.9. The number of para-hydroxylation sites is 1. The molecule has 2 heterocycles. The molecule has 9 rings (SSSR count). The van der Waals surface area contributed by atoms with E-state index < -0.39 is 0 Å². The number of pyridine rings is 1. The zero-order chi connectivity index (χ0) is 26.9. The number of aromatic nitrogens is 2. The van der Waals surface area contributed by atoms with Crippen LogP contribution in [0.25, 0.3) is 81.8 Å². The van der Waals surface area contributed by atoms with Gasteiger partial charge in [-0.25, -0.2) is 0 Å². The van der Waals surface area contributed by atoms with Gasteiger partial charge in [-0.15, -0.1) is 0 Å². The van der Waals surface area contributed by atoms with Gasteiger partial charge in [-0.3, -0.25) is 4.98 Å². The minimum Gasteiger partial charge on any atom is -0.308 e. The highest BCUT2D eigenvalue weighted by molar-refractivity contribution is 6.33. The Hall–Kier alpha value is -5.47. The van der Waals surface area contributed by atoms with Crippen LogP contribution < -0.4 is 0 Å². The maximum Gasteiger partial charge on any atom is 0.0708 e. The number of benzene rings is 7. The first kappa shape index (κ1) is 22.4. The molecule has 9 aromatic rings. The van der Waals surface area contributed by atoms with Gasteiger partial charge in [0, 0.05) is 33.3 Å². The van der Waals surface area contributed by atoms with Crippen LogP contribution in [0.5, 0.6) is 0 Å². The molecule has 0 amide bonds. The zero-order valence-corrected chi connectivity index (χ0v) is 22.3. The first-order valence-electron chi connectivity index (χ1n) is 14.1. The van der Waals surface area contributed by atoms with Crippen molar-refractivity contribution in [2.45, 2.75) is 0 Å². The van der Waals surface area contributed by atoms with Crippen molar-refractivity contribution in [1.29, 1.82) is 0 Å². The summed E-state index contributed by atoms with van der Waals surface area (Å²) in [7, 11) is 0. The second-order valence-electron chi connectivity index (χ2n) is 10.7. The molecule has 0 saturated heterocycles. The van der Waals surface area contributed by atoms with Crippen LogP contribution in [-0.4, -0.2) is 9.55 Å². The zero-order valence-electron chi connectivity index (χ0n) is 22.3. The highest BCUT2D eigenvalue weighted by Crippen LogP contribution is 2.44. The molecule has 7 aromatic carbocycles. The number of fused-ring (bicyclic) bond motifs is 11. The predicted molar refractivity (Wildman–Crippen MR) is 174 cm³/mol. The van der Waals surface area contributed by atoms with Crippen LogP contribution >= 0.6 is 0 Å². The Morgan fingerprint density at radius 3 is 1.76 bits per heavy atom. The van der Waals surface area contributed by atoms with Crippen molar-refractivity contribution in [3.8, 4) is 16.9 Å². The van der Waals surface area contributed by atoms with Gasteiger partial charge in [-0.1, -0.05) is 115 Å². The van der Waals surface area contributed by atoms with E-state index in [2.05, 4.69) is 143 Å². The highest BCUT2D eigenvalue weighted by Gasteiger charge is 2.20. The maximum atomic E-state index is 4.69. The van der Waals surface area contributed by atoms with E-state index in [0.29, 0.717) is 0 Å². The quantitative estimate of drug-likeness (QED) is 0.207. The third-order valence-electron chi connectivity index (χ3n) is 8.62. The fraction of sp³-hybridized carbons (Fsp3) is 0. The SMILES string of the molecule is c1ccc(-c2cccc3c(-n4c5ccccc5c5ccc6c7ccccc7c7ccccc7c6c54)cccc23)nc1. The second kappa shape index (κ2) is 8.51. The third kappa shape index (κ3) is 3.10. The lowest BCUT2D eigenvalue weighted by Gasteiger charge is -2.16. The molecule has 0 radical (unpaired) electrons. The Morgan fingerprint density at radius 2 is 0.976 bits per heavy atom. The highest BCUT2D eigenvalue weighted by atomic mass is 15.0. The minimum atomic E-state index is 0.986. The Bertz CT molecular complexity index is 2430. The van der Waals surface area contributed by atoms with Gasteiger partial charge in [-0.2, -0.15) is 0 Å². The fourth-order valence-electron chi connectivity index (χ4n) is 6.93. The van der Waals surface area contributed by atoms with E-state index in [1.165, 1.54) is 70.6 Å². The van der Waals surface area contributed by atoms with E-state index in [4.69, 9.17) is 0 Å². The average Bonchev–Trinajstić information content (AvgIpc) is 3.39. The Labute approximate surface area is 236 Å². The lowest BCUT2D eigenvalue weighted by Crippen LogP contribution is -1.97. The summed E-state index contributed by atoms with van der Waals surface area (Å²) in [4.78, 5) is 4.69. The van der Waals surface area contributed by atoms with Crippen molar-refractivity contribution in [3.63, 3.8) is 0 Å². The van der Waals surface area contributed by atoms with Crippen LogP contribution in [0.1, 0.15) is 0 Å². The first-order valence-corrected chi connectivity index (χ1v) is 14.1. The van der Waals surface area contributed by atoms with Gasteiger partial charge in [0.1, 0.15) is 0 Å². The standard InChI is InChI=1S/C39H24N2/c1-2-13-27-25(11-1)26-12-3-4-15-32(26)38-33(27)22-23-34-31-14-5-6-20-36(31)41(39(34)38)37-21-10-16-28-29(17-9-18-30(28)37)35-19-7-8-24-40-35/h1-24H. The van der Waals surface area contributed by atoms with Crippen molar-refractivity contribution >= 4 is 64.9 Å². The lowest BCUT2D eigenvalue weighted by atomic mass is 9.93. The predicted octanol–water partition coefficient (Wildman–Crippen LogP) is 10.5. The van der Waals surface area contributed by atoms with Crippen LogP contribution in [0.3, 0.4) is 0 Å². The summed E-state index contributed by atoms with van der Waals surface area (Å²) in [6.45, 7) is 0. The smallest absolute Gasteiger partial charge is 0.0708 e. The molecule has 0 saturated carbocycles. The topological polar surface area (TPSA) is 17.8 Å². The molecule has 2 aromatic heterocycles. The van der Waals surface area contributed by atoms with Crippen LogP contribution in [-0.2, 0) is 0 Å². The van der Waals surface area contributed by atoms with E-state index in [0.717, 1.165) is 11.3 Å². The monoisotopic (exact) mass is 520 g/mol. The van der Waals surface area contributed by atoms with E-state index in [9.17, 15) is 0 Å². The molecule has 190 valence electrons. The van der Waals surface area contributed by atoms with Gasteiger partial charge in [-0.05, 0) is 56.6 Å². The van der Waals surface area contributed by atoms with Crippen LogP contribution in [0, 0.1) is 0 Å². The largest absolute Gasteiger partial charge is 0.308 e. The second-order valence-corrected chi connectivity index (χ2v) is 10.7. The molecule has 0 fully saturated rings. The molecule has 0 bridgehead atoms.